The van der Waals surface area contributed by atoms with Crippen LogP contribution in [0.2, 0.25) is 0 Å². The smallest absolute Gasteiger partial charge is 0.329 e. The Bertz CT molecular complexity index is 1120. The number of nitrogens with one attached hydrogen (secondary N) is 1. The first-order chi connectivity index (χ1) is 13.8. The molecule has 0 aliphatic heterocycles. The van der Waals surface area contributed by atoms with Crippen LogP contribution < -0.4 is 16.0 Å². The Kier molecular flexibility index (Phi) is 6.49. The molecular weight excluding hydrogens is 392 g/mol. The zero-order valence-corrected chi connectivity index (χ0v) is 17.8. The van der Waals surface area contributed by atoms with E-state index >= 15 is 0 Å². The van der Waals surface area contributed by atoms with Crippen LogP contribution in [-0.2, 0) is 13.6 Å². The monoisotopic (exact) mass is 418 g/mol. The molecule has 9 heteroatoms. The number of aromatic amines is 1. The van der Waals surface area contributed by atoms with Crippen molar-refractivity contribution in [1.29, 1.82) is 0 Å². The fourth-order valence-electron chi connectivity index (χ4n) is 2.91. The fraction of sp³-hybridized carbons (Fsp3) is 0.450. The van der Waals surface area contributed by atoms with E-state index in [4.69, 9.17) is 4.74 Å². The second-order valence-electron chi connectivity index (χ2n) is 7.06. The van der Waals surface area contributed by atoms with Gasteiger partial charge in [-0.15, -0.1) is 0 Å². The molecule has 0 radical (unpaired) electrons. The highest BCUT2D eigenvalue weighted by Crippen LogP contribution is 2.27. The summed E-state index contributed by atoms with van der Waals surface area (Å²) >= 11 is 1.51. The van der Waals surface area contributed by atoms with Crippen LogP contribution in [0.4, 0.5) is 0 Å². The lowest BCUT2D eigenvalue weighted by molar-refractivity contribution is 0.0910. The van der Waals surface area contributed by atoms with E-state index in [1.165, 1.54) is 16.3 Å². The Labute approximate surface area is 172 Å². The molecule has 0 aliphatic rings. The van der Waals surface area contributed by atoms with Crippen LogP contribution in [0.3, 0.4) is 0 Å². The highest BCUT2D eigenvalue weighted by molar-refractivity contribution is 7.99. The number of nitrogens with zero attached hydrogens (tertiary/aromatic N) is 3. The summed E-state index contributed by atoms with van der Waals surface area (Å²) < 4.78 is 8.73. The van der Waals surface area contributed by atoms with Gasteiger partial charge < -0.3 is 14.4 Å². The van der Waals surface area contributed by atoms with E-state index in [0.717, 1.165) is 12.0 Å². The molecule has 0 unspecified atom stereocenters. The van der Waals surface area contributed by atoms with Gasteiger partial charge in [-0.05, 0) is 25.0 Å². The first kappa shape index (κ1) is 21.2. The molecule has 0 spiro atoms. The number of imidazole rings is 1. The van der Waals surface area contributed by atoms with Crippen LogP contribution in [0.1, 0.15) is 25.8 Å². The molecule has 0 amide bonds. The van der Waals surface area contributed by atoms with Gasteiger partial charge >= 0.3 is 5.69 Å². The number of rotatable bonds is 8. The summed E-state index contributed by atoms with van der Waals surface area (Å²) in [5, 5.41) is 11.5. The van der Waals surface area contributed by atoms with E-state index < -0.39 is 17.4 Å². The number of H-pyrrole nitrogens is 1. The summed E-state index contributed by atoms with van der Waals surface area (Å²) in [7, 11) is 1.56. The lowest BCUT2D eigenvalue weighted by Gasteiger charge is -2.17. The highest BCUT2D eigenvalue weighted by atomic mass is 32.2. The van der Waals surface area contributed by atoms with Crippen LogP contribution in [0.15, 0.2) is 39.0 Å². The molecular formula is C20H26N4O4S. The maximum atomic E-state index is 12.5. The summed E-state index contributed by atoms with van der Waals surface area (Å²) in [6, 6.07) is 7.58. The molecule has 1 aromatic carbocycles. The number of hydrogen-bond donors (Lipinski definition) is 2. The number of aryl methyl sites for hydroxylation is 2. The van der Waals surface area contributed by atoms with Crippen molar-refractivity contribution in [3.05, 3.63) is 50.7 Å². The molecule has 2 N–H and O–H groups in total. The number of para-hydroxylation sites is 1. The summed E-state index contributed by atoms with van der Waals surface area (Å²) in [4.78, 5) is 31.3. The Morgan fingerprint density at radius 2 is 2.03 bits per heavy atom. The molecule has 2 aromatic heterocycles. The third-order valence-electron chi connectivity index (χ3n) is 4.77. The summed E-state index contributed by atoms with van der Waals surface area (Å²) in [5.74, 6) is 0.705. The third kappa shape index (κ3) is 4.56. The van der Waals surface area contributed by atoms with Gasteiger partial charge in [0.25, 0.3) is 5.56 Å². The molecule has 0 saturated heterocycles. The maximum absolute atomic E-state index is 12.5. The predicted molar refractivity (Wildman–Crippen MR) is 114 cm³/mol. The van der Waals surface area contributed by atoms with Crippen molar-refractivity contribution < 1.29 is 9.84 Å². The van der Waals surface area contributed by atoms with Crippen molar-refractivity contribution in [1.82, 2.24) is 19.1 Å². The van der Waals surface area contributed by atoms with Crippen molar-refractivity contribution >= 4 is 22.9 Å². The standard InChI is InChI=1S/C20H26N4O4S/c1-5-13(3)29-20-21-17-16(18(26)22-19(27)23(17)4)24(20)10-14(25)11-28-15-9-7-6-8-12(15)2/h6-9,13-14,25H,5,10-11H2,1-4H3,(H,22,26,27)/t13-,14+/m0/s1. The average molecular weight is 419 g/mol. The Morgan fingerprint density at radius 3 is 2.72 bits per heavy atom. The van der Waals surface area contributed by atoms with Gasteiger partial charge in [-0.2, -0.15) is 0 Å². The molecule has 0 bridgehead atoms. The van der Waals surface area contributed by atoms with E-state index in [2.05, 4.69) is 23.8 Å². The van der Waals surface area contributed by atoms with Crippen molar-refractivity contribution in [2.45, 2.75) is 50.2 Å². The molecule has 0 fully saturated rings. The van der Waals surface area contributed by atoms with Gasteiger partial charge in [-0.25, -0.2) is 9.78 Å². The van der Waals surface area contributed by atoms with Gasteiger partial charge in [0, 0.05) is 12.3 Å². The number of aliphatic hydroxyl groups is 1. The quantitative estimate of drug-likeness (QED) is 0.543. The van der Waals surface area contributed by atoms with E-state index in [0.29, 0.717) is 16.6 Å². The largest absolute Gasteiger partial charge is 0.491 e. The number of benzene rings is 1. The minimum Gasteiger partial charge on any atom is -0.491 e. The summed E-state index contributed by atoms with van der Waals surface area (Å²) in [5.41, 5.74) is 0.519. The molecule has 29 heavy (non-hydrogen) atoms. The van der Waals surface area contributed by atoms with Gasteiger partial charge in [0.1, 0.15) is 18.5 Å². The highest BCUT2D eigenvalue weighted by Gasteiger charge is 2.21. The second kappa shape index (κ2) is 8.87. The predicted octanol–water partition coefficient (Wildman–Crippen LogP) is 2.06. The molecule has 2 atom stereocenters. The van der Waals surface area contributed by atoms with Crippen molar-refractivity contribution in [2.75, 3.05) is 6.61 Å². The van der Waals surface area contributed by atoms with Crippen LogP contribution in [0.5, 0.6) is 5.75 Å². The SMILES string of the molecule is CC[C@H](C)Sc1nc2c(c(=O)[nH]c(=O)n2C)n1C[C@@H](O)COc1ccccc1C. The number of fused-ring (bicyclic) bond motifs is 1. The van der Waals surface area contributed by atoms with Crippen molar-refractivity contribution in [3.8, 4) is 5.75 Å². The first-order valence-corrected chi connectivity index (χ1v) is 10.4. The Balaban J connectivity index is 1.92. The van der Waals surface area contributed by atoms with Gasteiger partial charge in [0.15, 0.2) is 16.3 Å². The van der Waals surface area contributed by atoms with Gasteiger partial charge in [-0.1, -0.05) is 43.8 Å². The van der Waals surface area contributed by atoms with E-state index in [1.54, 1.807) is 11.6 Å². The molecule has 3 rings (SSSR count). The minimum absolute atomic E-state index is 0.0711. The molecule has 3 aromatic rings. The average Bonchev–Trinajstić information content (AvgIpc) is 3.04. The molecule has 0 aliphatic carbocycles. The van der Waals surface area contributed by atoms with Gasteiger partial charge in [0.05, 0.1) is 6.54 Å². The number of aliphatic hydroxyl groups excluding tert-OH is 1. The zero-order chi connectivity index (χ0) is 21.1. The Hall–Kier alpha value is -2.52. The molecule has 8 nitrogen and oxygen atoms in total. The number of thioether (sulfide) groups is 1. The van der Waals surface area contributed by atoms with E-state index in [-0.39, 0.29) is 23.9 Å². The number of aromatic nitrogens is 4. The van der Waals surface area contributed by atoms with Crippen molar-refractivity contribution in [3.63, 3.8) is 0 Å². The van der Waals surface area contributed by atoms with Crippen LogP contribution in [0.25, 0.3) is 11.2 Å². The first-order valence-electron chi connectivity index (χ1n) is 9.54. The molecule has 2 heterocycles. The number of ether oxygens (including phenoxy) is 1. The van der Waals surface area contributed by atoms with Gasteiger partial charge in [-0.3, -0.25) is 14.3 Å². The summed E-state index contributed by atoms with van der Waals surface area (Å²) in [6.07, 6.45) is 0.0576. The molecule has 0 saturated carbocycles. The van der Waals surface area contributed by atoms with E-state index in [9.17, 15) is 14.7 Å². The second-order valence-corrected chi connectivity index (χ2v) is 8.47. The normalized spacial score (nSPS) is 13.6. The maximum Gasteiger partial charge on any atom is 0.329 e. The Morgan fingerprint density at radius 1 is 1.31 bits per heavy atom. The summed E-state index contributed by atoms with van der Waals surface area (Å²) in [6.45, 7) is 6.27. The van der Waals surface area contributed by atoms with Crippen LogP contribution in [0, 0.1) is 6.92 Å². The molecule has 156 valence electrons. The van der Waals surface area contributed by atoms with Crippen molar-refractivity contribution in [2.24, 2.45) is 7.05 Å². The van der Waals surface area contributed by atoms with Gasteiger partial charge in [0.2, 0.25) is 0 Å². The number of hydrogen-bond acceptors (Lipinski definition) is 6. The van der Waals surface area contributed by atoms with Crippen LogP contribution >= 0.6 is 11.8 Å². The van der Waals surface area contributed by atoms with E-state index in [1.807, 2.05) is 31.2 Å². The third-order valence-corrected chi connectivity index (χ3v) is 6.03. The van der Waals surface area contributed by atoms with Crippen LogP contribution in [-0.4, -0.2) is 42.2 Å². The lowest BCUT2D eigenvalue weighted by atomic mass is 10.2. The zero-order valence-electron chi connectivity index (χ0n) is 17.0. The minimum atomic E-state index is -0.861. The lowest BCUT2D eigenvalue weighted by Crippen LogP contribution is -2.30. The topological polar surface area (TPSA) is 102 Å². The fourth-order valence-corrected chi connectivity index (χ4v) is 3.86.